The highest BCUT2D eigenvalue weighted by Gasteiger charge is 2.25. The zero-order valence-corrected chi connectivity index (χ0v) is 16.8. The quantitative estimate of drug-likeness (QED) is 0.739. The Kier molecular flexibility index (Phi) is 7.26. The van der Waals surface area contributed by atoms with Crippen LogP contribution in [-0.4, -0.2) is 49.4 Å². The van der Waals surface area contributed by atoms with E-state index in [-0.39, 0.29) is 11.8 Å². The van der Waals surface area contributed by atoms with Gasteiger partial charge >= 0.3 is 0 Å². The second-order valence-corrected chi connectivity index (χ2v) is 8.21. The van der Waals surface area contributed by atoms with Gasteiger partial charge in [0, 0.05) is 11.3 Å². The van der Waals surface area contributed by atoms with Gasteiger partial charge in [0.15, 0.2) is 6.54 Å². The number of anilines is 1. The van der Waals surface area contributed by atoms with Crippen LogP contribution in [-0.2, 0) is 16.0 Å². The molecule has 0 bridgehead atoms. The minimum atomic E-state index is -0.0474. The van der Waals surface area contributed by atoms with Crippen molar-refractivity contribution in [3.05, 3.63) is 51.7 Å². The number of carbonyl (C=O) groups excluding carboxylic acids is 2. The topological polar surface area (TPSA) is 53.9 Å². The van der Waals surface area contributed by atoms with Gasteiger partial charge in [0.05, 0.1) is 36.9 Å². The Hall–Kier alpha value is -1.89. The van der Waals surface area contributed by atoms with Crippen LogP contribution in [0.15, 0.2) is 41.8 Å². The Morgan fingerprint density at radius 2 is 1.93 bits per heavy atom. The molecule has 144 valence electrons. The molecule has 0 aliphatic carbocycles. The van der Waals surface area contributed by atoms with Crippen molar-refractivity contribution in [1.82, 2.24) is 4.90 Å². The van der Waals surface area contributed by atoms with Crippen LogP contribution in [0.5, 0.6) is 0 Å². The molecule has 5 nitrogen and oxygen atoms in total. The van der Waals surface area contributed by atoms with Gasteiger partial charge < -0.3 is 15.1 Å². The predicted octanol–water partition coefficient (Wildman–Crippen LogP) is 2.09. The number of halogens is 1. The van der Waals surface area contributed by atoms with Gasteiger partial charge in [-0.2, -0.15) is 0 Å². The molecule has 1 saturated heterocycles. The van der Waals surface area contributed by atoms with E-state index < -0.39 is 0 Å². The smallest absolute Gasteiger partial charge is 0.279 e. The van der Waals surface area contributed by atoms with E-state index in [1.165, 1.54) is 9.78 Å². The summed E-state index contributed by atoms with van der Waals surface area (Å²) in [5.41, 5.74) is 0.642. The first-order chi connectivity index (χ1) is 13.1. The molecule has 1 aliphatic heterocycles. The summed E-state index contributed by atoms with van der Waals surface area (Å²) in [5, 5.41) is 5.47. The third-order valence-corrected chi connectivity index (χ3v) is 6.04. The van der Waals surface area contributed by atoms with Gasteiger partial charge in [-0.25, -0.2) is 0 Å². The lowest BCUT2D eigenvalue weighted by molar-refractivity contribution is -0.895. The molecule has 7 heteroatoms. The fourth-order valence-electron chi connectivity index (χ4n) is 3.26. The molecule has 1 fully saturated rings. The van der Waals surface area contributed by atoms with Crippen LogP contribution < -0.4 is 10.2 Å². The third-order valence-electron chi connectivity index (χ3n) is 4.78. The Morgan fingerprint density at radius 3 is 2.63 bits per heavy atom. The molecule has 0 radical (unpaired) electrons. The Bertz CT molecular complexity index is 758. The van der Waals surface area contributed by atoms with Crippen molar-refractivity contribution in [1.29, 1.82) is 0 Å². The summed E-state index contributed by atoms with van der Waals surface area (Å²) in [6.07, 6.45) is 2.46. The van der Waals surface area contributed by atoms with Gasteiger partial charge in [-0.15, -0.1) is 11.3 Å². The molecule has 1 aliphatic rings. The van der Waals surface area contributed by atoms with Crippen molar-refractivity contribution >= 4 is 40.4 Å². The summed E-state index contributed by atoms with van der Waals surface area (Å²) in [4.78, 5) is 29.1. The minimum Gasteiger partial charge on any atom is -0.331 e. The molecule has 0 saturated carbocycles. The number of hydrogen-bond donors (Lipinski definition) is 2. The summed E-state index contributed by atoms with van der Waals surface area (Å²) < 4.78 is 0. The van der Waals surface area contributed by atoms with Gasteiger partial charge in [-0.05, 0) is 36.4 Å². The van der Waals surface area contributed by atoms with E-state index in [1.54, 1.807) is 23.5 Å². The van der Waals surface area contributed by atoms with E-state index in [2.05, 4.69) is 16.8 Å². The Balaban J connectivity index is 1.36. The van der Waals surface area contributed by atoms with Crippen molar-refractivity contribution in [2.45, 2.75) is 19.3 Å². The van der Waals surface area contributed by atoms with Crippen molar-refractivity contribution in [3.8, 4) is 0 Å². The molecule has 0 atom stereocenters. The number of nitrogens with zero attached hydrogens (tertiary/aromatic N) is 1. The number of quaternary nitrogens is 1. The number of rotatable bonds is 7. The number of amides is 2. The van der Waals surface area contributed by atoms with Gasteiger partial charge in [0.2, 0.25) is 5.91 Å². The van der Waals surface area contributed by atoms with E-state index in [9.17, 15) is 9.59 Å². The molecular weight excluding hydrogens is 382 g/mol. The zero-order chi connectivity index (χ0) is 19.1. The van der Waals surface area contributed by atoms with Crippen molar-refractivity contribution in [3.63, 3.8) is 0 Å². The highest BCUT2D eigenvalue weighted by atomic mass is 35.5. The van der Waals surface area contributed by atoms with Crippen LogP contribution in [0.2, 0.25) is 5.02 Å². The first-order valence-corrected chi connectivity index (χ1v) is 10.6. The fourth-order valence-corrected chi connectivity index (χ4v) is 4.19. The largest absolute Gasteiger partial charge is 0.331 e. The maximum atomic E-state index is 12.4. The van der Waals surface area contributed by atoms with E-state index in [0.29, 0.717) is 36.8 Å². The monoisotopic (exact) mass is 406 g/mol. The zero-order valence-electron chi connectivity index (χ0n) is 15.2. The van der Waals surface area contributed by atoms with Crippen LogP contribution in [0.1, 0.15) is 17.7 Å². The molecule has 1 aromatic carbocycles. The number of aryl methyl sites for hydroxylation is 1. The third kappa shape index (κ3) is 6.06. The lowest BCUT2D eigenvalue weighted by Crippen LogP contribution is -3.15. The summed E-state index contributed by atoms with van der Waals surface area (Å²) >= 11 is 7.82. The summed E-state index contributed by atoms with van der Waals surface area (Å²) in [6.45, 7) is 3.42. The molecule has 1 aromatic heterocycles. The molecule has 0 spiro atoms. The maximum Gasteiger partial charge on any atom is 0.279 e. The number of nitrogens with one attached hydrogen (secondary N) is 2. The van der Waals surface area contributed by atoms with Gasteiger partial charge in [-0.1, -0.05) is 29.8 Å². The number of benzene rings is 1. The molecule has 3 rings (SSSR count). The summed E-state index contributed by atoms with van der Waals surface area (Å²) in [7, 11) is 0. The van der Waals surface area contributed by atoms with Crippen molar-refractivity contribution in [2.75, 3.05) is 38.0 Å². The van der Waals surface area contributed by atoms with E-state index >= 15 is 0 Å². The number of piperazine rings is 1. The molecule has 2 aromatic rings. The second-order valence-electron chi connectivity index (χ2n) is 6.77. The Morgan fingerprint density at radius 1 is 1.15 bits per heavy atom. The lowest BCUT2D eigenvalue weighted by atomic mass is 10.2. The lowest BCUT2D eigenvalue weighted by Gasteiger charge is -2.32. The first-order valence-electron chi connectivity index (χ1n) is 9.30. The van der Waals surface area contributed by atoms with Crippen LogP contribution in [0.3, 0.4) is 0 Å². The molecule has 2 amide bonds. The highest BCUT2D eigenvalue weighted by Crippen LogP contribution is 2.20. The Labute approximate surface area is 168 Å². The van der Waals surface area contributed by atoms with E-state index in [4.69, 9.17) is 11.6 Å². The molecule has 27 heavy (non-hydrogen) atoms. The van der Waals surface area contributed by atoms with Crippen molar-refractivity contribution < 1.29 is 14.5 Å². The maximum absolute atomic E-state index is 12.4. The number of thiophene rings is 1. The predicted molar refractivity (Wildman–Crippen MR) is 109 cm³/mol. The van der Waals surface area contributed by atoms with Crippen LogP contribution in [0.4, 0.5) is 5.69 Å². The van der Waals surface area contributed by atoms with Crippen LogP contribution in [0.25, 0.3) is 0 Å². The molecular formula is C20H25ClN3O2S+. The minimum absolute atomic E-state index is 0.0474. The fraction of sp³-hybridized carbons (Fsp3) is 0.400. The second kappa shape index (κ2) is 9.88. The SMILES string of the molecule is O=C(C[NH+]1CCN(C(=O)CCCc2cccs2)CC1)Nc1ccccc1Cl. The normalized spacial score (nSPS) is 14.9. The number of para-hydroxylation sites is 1. The van der Waals surface area contributed by atoms with Crippen LogP contribution >= 0.6 is 22.9 Å². The van der Waals surface area contributed by atoms with Crippen molar-refractivity contribution in [2.24, 2.45) is 0 Å². The average Bonchev–Trinajstić information content (AvgIpc) is 3.17. The average molecular weight is 407 g/mol. The van der Waals surface area contributed by atoms with Crippen LogP contribution in [0, 0.1) is 0 Å². The standard InChI is InChI=1S/C20H24ClN3O2S/c21-17-7-1-2-8-18(17)22-19(25)15-23-10-12-24(13-11-23)20(26)9-3-5-16-6-4-14-27-16/h1-2,4,6-8,14H,3,5,9-13,15H2,(H,22,25)/p+1. The first kappa shape index (κ1) is 19.9. The number of carbonyl (C=O) groups is 2. The molecule has 2 N–H and O–H groups in total. The van der Waals surface area contributed by atoms with E-state index in [0.717, 1.165) is 25.9 Å². The highest BCUT2D eigenvalue weighted by molar-refractivity contribution is 7.09. The van der Waals surface area contributed by atoms with Gasteiger partial charge in [-0.3, -0.25) is 9.59 Å². The summed E-state index contributed by atoms with van der Waals surface area (Å²) in [5.74, 6) is 0.181. The van der Waals surface area contributed by atoms with E-state index in [1.807, 2.05) is 23.1 Å². The number of hydrogen-bond acceptors (Lipinski definition) is 3. The molecule has 0 unspecified atom stereocenters. The van der Waals surface area contributed by atoms with Gasteiger partial charge in [0.1, 0.15) is 0 Å². The molecule has 2 heterocycles. The summed E-state index contributed by atoms with van der Waals surface area (Å²) in [6, 6.07) is 11.4. The van der Waals surface area contributed by atoms with Gasteiger partial charge in [0.25, 0.3) is 5.91 Å².